The number of aliphatic carboxylic acids is 1. The molecule has 0 bridgehead atoms. The highest BCUT2D eigenvalue weighted by Crippen LogP contribution is 2.38. The fraction of sp³-hybridized carbons (Fsp3) is 0.267. The Morgan fingerprint density at radius 3 is 2.65 bits per heavy atom. The van der Waals surface area contributed by atoms with Gasteiger partial charge in [-0.25, -0.2) is 0 Å². The molecule has 2 aromatic rings. The van der Waals surface area contributed by atoms with Gasteiger partial charge in [0.05, 0.1) is 0 Å². The minimum atomic E-state index is -0.895. The maximum Gasteiger partial charge on any atom is 0.319 e. The molecule has 0 atom stereocenters. The monoisotopic (exact) mass is 288 g/mol. The summed E-state index contributed by atoms with van der Waals surface area (Å²) in [6.45, 7) is 5.36. The van der Waals surface area contributed by atoms with Crippen LogP contribution in [0.4, 0.5) is 0 Å². The molecule has 0 spiro atoms. The Hall–Kier alpha value is -1.88. The molecule has 2 rings (SSSR count). The number of carboxylic acids is 1. The summed E-state index contributed by atoms with van der Waals surface area (Å²) < 4.78 is -0.895. The van der Waals surface area contributed by atoms with Gasteiger partial charge in [-0.05, 0) is 38.5 Å². The summed E-state index contributed by atoms with van der Waals surface area (Å²) in [5.41, 5.74) is 2.91. The van der Waals surface area contributed by atoms with Crippen molar-refractivity contribution in [3.05, 3.63) is 42.5 Å². The maximum absolute atomic E-state index is 11.3. The van der Waals surface area contributed by atoms with Crippen LogP contribution < -0.4 is 0 Å². The highest BCUT2D eigenvalue weighted by molar-refractivity contribution is 8.01. The summed E-state index contributed by atoms with van der Waals surface area (Å²) in [5.74, 6) is -0.840. The van der Waals surface area contributed by atoms with E-state index >= 15 is 0 Å². The van der Waals surface area contributed by atoms with Crippen molar-refractivity contribution in [1.29, 1.82) is 0 Å². The van der Waals surface area contributed by atoms with Gasteiger partial charge >= 0.3 is 5.97 Å². The first-order chi connectivity index (χ1) is 9.40. The molecule has 20 heavy (non-hydrogen) atoms. The molecule has 5 heteroatoms. The molecular formula is C15H16N2O2S. The van der Waals surface area contributed by atoms with Gasteiger partial charge in [-0.15, -0.1) is 11.8 Å². The van der Waals surface area contributed by atoms with E-state index in [1.54, 1.807) is 38.6 Å². The van der Waals surface area contributed by atoms with Crippen molar-refractivity contribution in [3.8, 4) is 11.1 Å². The minimum Gasteiger partial charge on any atom is -0.480 e. The third kappa shape index (κ3) is 3.17. The maximum atomic E-state index is 11.3. The highest BCUT2D eigenvalue weighted by Gasteiger charge is 2.29. The molecule has 0 aliphatic carbocycles. The van der Waals surface area contributed by atoms with Crippen molar-refractivity contribution >= 4 is 17.7 Å². The van der Waals surface area contributed by atoms with Crippen molar-refractivity contribution in [2.24, 2.45) is 0 Å². The molecule has 2 heterocycles. The lowest BCUT2D eigenvalue weighted by atomic mass is 10.1. The molecule has 2 aromatic heterocycles. The van der Waals surface area contributed by atoms with Crippen LogP contribution in [0.15, 0.2) is 41.8 Å². The zero-order valence-electron chi connectivity index (χ0n) is 11.6. The zero-order valence-corrected chi connectivity index (χ0v) is 12.4. The van der Waals surface area contributed by atoms with Crippen molar-refractivity contribution < 1.29 is 9.90 Å². The predicted molar refractivity (Wildman–Crippen MR) is 79.8 cm³/mol. The van der Waals surface area contributed by atoms with Gasteiger partial charge in [0, 0.05) is 40.8 Å². The zero-order chi connectivity index (χ0) is 14.8. The van der Waals surface area contributed by atoms with Gasteiger partial charge in [-0.2, -0.15) is 0 Å². The summed E-state index contributed by atoms with van der Waals surface area (Å²) in [4.78, 5) is 20.5. The van der Waals surface area contributed by atoms with E-state index in [2.05, 4.69) is 9.97 Å². The van der Waals surface area contributed by atoms with Crippen LogP contribution in [0.25, 0.3) is 11.1 Å². The lowest BCUT2D eigenvalue weighted by molar-refractivity contribution is -0.138. The van der Waals surface area contributed by atoms with Crippen molar-refractivity contribution in [2.75, 3.05) is 0 Å². The van der Waals surface area contributed by atoms with Crippen molar-refractivity contribution in [3.63, 3.8) is 0 Å². The van der Waals surface area contributed by atoms with Crippen LogP contribution in [0.2, 0.25) is 0 Å². The van der Waals surface area contributed by atoms with Crippen LogP contribution in [-0.4, -0.2) is 25.8 Å². The smallest absolute Gasteiger partial charge is 0.319 e. The third-order valence-corrected chi connectivity index (χ3v) is 4.11. The number of aromatic nitrogens is 2. The average molecular weight is 288 g/mol. The number of thioether (sulfide) groups is 1. The van der Waals surface area contributed by atoms with E-state index in [1.807, 2.05) is 19.1 Å². The molecule has 0 unspecified atom stereocenters. The van der Waals surface area contributed by atoms with Crippen LogP contribution in [-0.2, 0) is 4.79 Å². The molecule has 4 nitrogen and oxygen atoms in total. The van der Waals surface area contributed by atoms with Crippen molar-refractivity contribution in [2.45, 2.75) is 30.4 Å². The number of hydrogen-bond acceptors (Lipinski definition) is 4. The summed E-state index contributed by atoms with van der Waals surface area (Å²) in [6.07, 6.45) is 6.97. The van der Waals surface area contributed by atoms with Gasteiger partial charge in [-0.1, -0.05) is 0 Å². The third-order valence-electron chi connectivity index (χ3n) is 2.85. The van der Waals surface area contributed by atoms with E-state index < -0.39 is 10.7 Å². The standard InChI is InChI=1S/C15H16N2O2S/c1-10-6-11(8-17-7-10)12-9-16-5-4-13(12)20-15(2,3)14(18)19/h4-9H,1-3H3,(H,18,19). The SMILES string of the molecule is Cc1cncc(-c2cnccc2SC(C)(C)C(=O)O)c1. The molecule has 0 saturated carbocycles. The predicted octanol–water partition coefficient (Wildman–Crippen LogP) is 3.41. The van der Waals surface area contributed by atoms with Gasteiger partial charge < -0.3 is 5.11 Å². The van der Waals surface area contributed by atoms with Crippen LogP contribution in [0, 0.1) is 6.92 Å². The molecule has 0 aromatic carbocycles. The van der Waals surface area contributed by atoms with E-state index in [-0.39, 0.29) is 0 Å². The Bertz CT molecular complexity index is 641. The Kier molecular flexibility index (Phi) is 4.09. The first-order valence-electron chi connectivity index (χ1n) is 6.18. The van der Waals surface area contributed by atoms with Crippen LogP contribution >= 0.6 is 11.8 Å². The molecule has 104 valence electrons. The van der Waals surface area contributed by atoms with Gasteiger partial charge in [0.2, 0.25) is 0 Å². The first kappa shape index (κ1) is 14.5. The Morgan fingerprint density at radius 2 is 2.00 bits per heavy atom. The second-order valence-corrected chi connectivity index (χ2v) is 6.70. The summed E-state index contributed by atoms with van der Waals surface area (Å²) >= 11 is 1.31. The lowest BCUT2D eigenvalue weighted by Gasteiger charge is -2.20. The van der Waals surface area contributed by atoms with E-state index in [0.717, 1.165) is 21.6 Å². The second kappa shape index (κ2) is 5.63. The molecular weight excluding hydrogens is 272 g/mol. The molecule has 0 radical (unpaired) electrons. The fourth-order valence-electron chi connectivity index (χ4n) is 1.71. The summed E-state index contributed by atoms with van der Waals surface area (Å²) in [6, 6.07) is 3.86. The molecule has 0 saturated heterocycles. The minimum absolute atomic E-state index is 0.840. The van der Waals surface area contributed by atoms with Gasteiger partial charge in [0.15, 0.2) is 0 Å². The highest BCUT2D eigenvalue weighted by atomic mass is 32.2. The first-order valence-corrected chi connectivity index (χ1v) is 7.00. The van der Waals surface area contributed by atoms with Crippen LogP contribution in [0.3, 0.4) is 0 Å². The van der Waals surface area contributed by atoms with E-state index in [4.69, 9.17) is 0 Å². The largest absolute Gasteiger partial charge is 0.480 e. The Labute approximate surface area is 122 Å². The van der Waals surface area contributed by atoms with E-state index in [9.17, 15) is 9.90 Å². The summed E-state index contributed by atoms with van der Waals surface area (Å²) in [5, 5.41) is 9.26. The molecule has 0 aliphatic heterocycles. The van der Waals surface area contributed by atoms with E-state index in [1.165, 1.54) is 11.8 Å². The Balaban J connectivity index is 2.44. The van der Waals surface area contributed by atoms with Crippen molar-refractivity contribution in [1.82, 2.24) is 9.97 Å². The lowest BCUT2D eigenvalue weighted by Crippen LogP contribution is -2.27. The number of carbonyl (C=O) groups is 1. The quantitative estimate of drug-likeness (QED) is 0.873. The van der Waals surface area contributed by atoms with E-state index in [0.29, 0.717) is 0 Å². The Morgan fingerprint density at radius 1 is 1.25 bits per heavy atom. The summed E-state index contributed by atoms with van der Waals surface area (Å²) in [7, 11) is 0. The van der Waals surface area contributed by atoms with Gasteiger partial charge in [0.1, 0.15) is 4.75 Å². The van der Waals surface area contributed by atoms with Crippen LogP contribution in [0.5, 0.6) is 0 Å². The number of pyridine rings is 2. The molecule has 1 N–H and O–H groups in total. The fourth-order valence-corrected chi connectivity index (χ4v) is 2.75. The van der Waals surface area contributed by atoms with Gasteiger partial charge in [0.25, 0.3) is 0 Å². The number of rotatable bonds is 4. The normalized spacial score (nSPS) is 11.3. The van der Waals surface area contributed by atoms with Crippen LogP contribution in [0.1, 0.15) is 19.4 Å². The number of aryl methyl sites for hydroxylation is 1. The molecule has 0 amide bonds. The molecule has 0 aliphatic rings. The number of hydrogen-bond donors (Lipinski definition) is 1. The number of carboxylic acid groups (broad SMARTS) is 1. The second-order valence-electron chi connectivity index (χ2n) is 5.04. The topological polar surface area (TPSA) is 63.1 Å². The van der Waals surface area contributed by atoms with Gasteiger partial charge in [-0.3, -0.25) is 14.8 Å². The number of nitrogens with zero attached hydrogens (tertiary/aromatic N) is 2. The average Bonchev–Trinajstić information content (AvgIpc) is 2.38. The molecule has 0 fully saturated rings.